The van der Waals surface area contributed by atoms with Crippen molar-refractivity contribution in [3.8, 4) is 11.3 Å². The van der Waals surface area contributed by atoms with Gasteiger partial charge >= 0.3 is 6.18 Å². The molecule has 1 N–H and O–H groups in total. The molecule has 3 aromatic rings. The molecule has 6 nitrogen and oxygen atoms in total. The number of piperazine rings is 1. The molecule has 11 heteroatoms. The summed E-state index contributed by atoms with van der Waals surface area (Å²) in [5.41, 5.74) is -0.0879. The average molecular weight is 527 g/mol. The van der Waals surface area contributed by atoms with Crippen molar-refractivity contribution in [3.05, 3.63) is 69.9 Å². The number of hydrogen-bond acceptors (Lipinski definition) is 5. The molecular weight excluding hydrogens is 504 g/mol. The van der Waals surface area contributed by atoms with Gasteiger partial charge in [-0.3, -0.25) is 9.69 Å². The van der Waals surface area contributed by atoms with E-state index in [-0.39, 0.29) is 17.0 Å². The van der Waals surface area contributed by atoms with Crippen LogP contribution in [0.15, 0.2) is 53.1 Å². The molecule has 0 saturated carbocycles. The molecule has 0 unspecified atom stereocenters. The number of carbonyl (C=O) groups excluding carboxylic acids is 1. The lowest BCUT2D eigenvalue weighted by molar-refractivity contribution is -0.137. The van der Waals surface area contributed by atoms with Crippen LogP contribution in [0, 0.1) is 0 Å². The Labute approximate surface area is 210 Å². The molecule has 0 radical (unpaired) electrons. The second kappa shape index (κ2) is 10.9. The summed E-state index contributed by atoms with van der Waals surface area (Å²) in [6.07, 6.45) is -3.83. The topological polar surface area (TPSA) is 61.6 Å². The van der Waals surface area contributed by atoms with Crippen molar-refractivity contribution < 1.29 is 22.5 Å². The molecule has 1 saturated heterocycles. The Hall–Kier alpha value is -2.75. The first-order chi connectivity index (χ1) is 16.7. The highest BCUT2D eigenvalue weighted by atomic mass is 35.5. The molecule has 0 bridgehead atoms. The monoisotopic (exact) mass is 526 g/mol. The molecule has 1 aliphatic heterocycles. The van der Waals surface area contributed by atoms with Crippen LogP contribution in [0.4, 0.5) is 18.9 Å². The fraction of sp³-hybridized carbons (Fsp3) is 0.333. The second-order valence-electron chi connectivity index (χ2n) is 8.13. The molecule has 4 rings (SSSR count). The van der Waals surface area contributed by atoms with E-state index < -0.39 is 17.6 Å². The van der Waals surface area contributed by atoms with Gasteiger partial charge in [0, 0.05) is 44.4 Å². The molecule has 1 aromatic heterocycles. The molecule has 35 heavy (non-hydrogen) atoms. The van der Waals surface area contributed by atoms with Crippen molar-refractivity contribution in [1.82, 2.24) is 15.4 Å². The Balaban J connectivity index is 1.23. The number of nitrogens with zero attached hydrogens (tertiary/aromatic N) is 3. The van der Waals surface area contributed by atoms with Crippen LogP contribution in [-0.4, -0.2) is 55.2 Å². The van der Waals surface area contributed by atoms with Gasteiger partial charge < -0.3 is 14.7 Å². The van der Waals surface area contributed by atoms with Crippen molar-refractivity contribution in [3.63, 3.8) is 0 Å². The lowest BCUT2D eigenvalue weighted by atomic mass is 10.0. The Morgan fingerprint density at radius 1 is 1.06 bits per heavy atom. The van der Waals surface area contributed by atoms with Gasteiger partial charge in [-0.15, -0.1) is 0 Å². The van der Waals surface area contributed by atoms with Gasteiger partial charge in [0.2, 0.25) is 5.76 Å². The van der Waals surface area contributed by atoms with Crippen molar-refractivity contribution in [1.29, 1.82) is 0 Å². The van der Waals surface area contributed by atoms with Crippen LogP contribution in [0.3, 0.4) is 0 Å². The minimum atomic E-state index is -4.54. The van der Waals surface area contributed by atoms with E-state index in [1.807, 2.05) is 12.1 Å². The molecule has 186 valence electrons. The van der Waals surface area contributed by atoms with Crippen molar-refractivity contribution >= 4 is 34.8 Å². The first-order valence-electron chi connectivity index (χ1n) is 11.1. The van der Waals surface area contributed by atoms with Gasteiger partial charge in [0.15, 0.2) is 0 Å². The Morgan fingerprint density at radius 2 is 1.80 bits per heavy atom. The van der Waals surface area contributed by atoms with Gasteiger partial charge in [-0.05, 0) is 31.2 Å². The molecule has 0 atom stereocenters. The molecule has 1 amide bonds. The van der Waals surface area contributed by atoms with Crippen molar-refractivity contribution in [2.75, 3.05) is 44.2 Å². The molecular formula is C24H23Cl2F3N4O2. The number of anilines is 1. The summed E-state index contributed by atoms with van der Waals surface area (Å²) in [5.74, 6) is -0.655. The zero-order valence-electron chi connectivity index (χ0n) is 18.6. The van der Waals surface area contributed by atoms with Crippen LogP contribution in [-0.2, 0) is 6.18 Å². The average Bonchev–Trinajstić information content (AvgIpc) is 3.34. The summed E-state index contributed by atoms with van der Waals surface area (Å²) >= 11 is 12.4. The third kappa shape index (κ3) is 6.09. The van der Waals surface area contributed by atoms with Gasteiger partial charge in [-0.2, -0.15) is 13.2 Å². The minimum Gasteiger partial charge on any atom is -0.368 e. The lowest BCUT2D eigenvalue weighted by Crippen LogP contribution is -2.47. The van der Waals surface area contributed by atoms with Crippen LogP contribution < -0.4 is 10.2 Å². The van der Waals surface area contributed by atoms with Crippen LogP contribution in [0.2, 0.25) is 10.0 Å². The molecule has 0 spiro atoms. The van der Waals surface area contributed by atoms with E-state index in [0.29, 0.717) is 23.0 Å². The number of halogens is 5. The van der Waals surface area contributed by atoms with Gasteiger partial charge in [-0.25, -0.2) is 0 Å². The van der Waals surface area contributed by atoms with Crippen molar-refractivity contribution in [2.45, 2.75) is 12.6 Å². The highest BCUT2D eigenvalue weighted by Crippen LogP contribution is 2.36. The Kier molecular flexibility index (Phi) is 7.88. The van der Waals surface area contributed by atoms with Gasteiger partial charge in [0.05, 0.1) is 21.3 Å². The van der Waals surface area contributed by atoms with E-state index in [9.17, 15) is 18.0 Å². The summed E-state index contributed by atoms with van der Waals surface area (Å²) < 4.78 is 44.7. The third-order valence-corrected chi connectivity index (χ3v) is 6.63. The number of benzene rings is 2. The van der Waals surface area contributed by atoms with E-state index >= 15 is 0 Å². The number of carbonyl (C=O) groups is 1. The molecule has 0 aliphatic carbocycles. The van der Waals surface area contributed by atoms with Gasteiger partial charge in [0.1, 0.15) is 5.69 Å². The van der Waals surface area contributed by atoms with Crippen molar-refractivity contribution in [2.24, 2.45) is 0 Å². The largest absolute Gasteiger partial charge is 0.417 e. The summed E-state index contributed by atoms with van der Waals surface area (Å²) in [5, 5.41) is 7.48. The normalized spacial score (nSPS) is 14.8. The molecule has 2 heterocycles. The summed E-state index contributed by atoms with van der Waals surface area (Å²) in [6.45, 7) is 4.51. The number of rotatable bonds is 7. The maximum absolute atomic E-state index is 13.2. The minimum absolute atomic E-state index is 0.0410. The maximum atomic E-state index is 13.2. The van der Waals surface area contributed by atoms with E-state index in [4.69, 9.17) is 27.7 Å². The van der Waals surface area contributed by atoms with Gasteiger partial charge in [0.25, 0.3) is 5.91 Å². The lowest BCUT2D eigenvalue weighted by Gasteiger charge is -2.36. The Morgan fingerprint density at radius 3 is 2.54 bits per heavy atom. The number of nitrogens with one attached hydrogen (secondary N) is 1. The molecule has 1 aliphatic rings. The zero-order valence-corrected chi connectivity index (χ0v) is 20.1. The van der Waals surface area contributed by atoms with E-state index in [0.717, 1.165) is 44.5 Å². The predicted octanol–water partition coefficient (Wildman–Crippen LogP) is 5.61. The van der Waals surface area contributed by atoms with E-state index in [1.54, 1.807) is 6.07 Å². The predicted molar refractivity (Wildman–Crippen MR) is 129 cm³/mol. The number of aromatic nitrogens is 1. The molecule has 2 aromatic carbocycles. The zero-order chi connectivity index (χ0) is 25.0. The summed E-state index contributed by atoms with van der Waals surface area (Å²) in [7, 11) is 0. The quantitative estimate of drug-likeness (QED) is 0.405. The van der Waals surface area contributed by atoms with Crippen LogP contribution in [0.5, 0.6) is 0 Å². The van der Waals surface area contributed by atoms with E-state index in [1.165, 1.54) is 24.3 Å². The maximum Gasteiger partial charge on any atom is 0.417 e. The fourth-order valence-corrected chi connectivity index (χ4v) is 4.42. The highest BCUT2D eigenvalue weighted by Gasteiger charge is 2.34. The molecule has 1 fully saturated rings. The van der Waals surface area contributed by atoms with Crippen LogP contribution in [0.1, 0.15) is 22.5 Å². The van der Waals surface area contributed by atoms with Crippen LogP contribution >= 0.6 is 23.2 Å². The summed E-state index contributed by atoms with van der Waals surface area (Å²) in [4.78, 5) is 16.9. The standard InChI is InChI=1S/C24H23Cl2F3N4O2/c25-18-7-3-8-20(22(18)26)33-13-11-32(12-14-33)10-4-9-30-23(34)21-15-19(31-35-21)16-5-1-2-6-17(16)24(27,28)29/h1-3,5-8,15H,4,9-14H2,(H,30,34). The smallest absolute Gasteiger partial charge is 0.368 e. The van der Waals surface area contributed by atoms with Crippen LogP contribution in [0.25, 0.3) is 11.3 Å². The number of alkyl halides is 3. The van der Waals surface area contributed by atoms with E-state index in [2.05, 4.69) is 20.3 Å². The first-order valence-corrected chi connectivity index (χ1v) is 11.8. The first kappa shape index (κ1) is 25.3. The number of hydrogen-bond donors (Lipinski definition) is 1. The Bertz CT molecular complexity index is 1180. The summed E-state index contributed by atoms with van der Waals surface area (Å²) in [6, 6.07) is 11.9. The highest BCUT2D eigenvalue weighted by molar-refractivity contribution is 6.43. The van der Waals surface area contributed by atoms with Gasteiger partial charge in [-0.1, -0.05) is 52.6 Å². The third-order valence-electron chi connectivity index (χ3n) is 5.82. The number of amides is 1. The second-order valence-corrected chi connectivity index (χ2v) is 8.92. The fourth-order valence-electron chi connectivity index (χ4n) is 4.00. The SMILES string of the molecule is O=C(NCCCN1CCN(c2cccc(Cl)c2Cl)CC1)c1cc(-c2ccccc2C(F)(F)F)no1.